The lowest BCUT2D eigenvalue weighted by Crippen LogP contribution is -2.05. The molecule has 0 saturated carbocycles. The normalized spacial score (nSPS) is 10.6. The van der Waals surface area contributed by atoms with E-state index < -0.39 is 0 Å². The van der Waals surface area contributed by atoms with Gasteiger partial charge in [0, 0.05) is 5.56 Å². The third-order valence-electron chi connectivity index (χ3n) is 3.79. The predicted molar refractivity (Wildman–Crippen MR) is 92.0 cm³/mol. The summed E-state index contributed by atoms with van der Waals surface area (Å²) in [5.41, 5.74) is 6.12. The lowest BCUT2D eigenvalue weighted by molar-refractivity contribution is 0.854. The molecular formula is C19H18N4. The molecule has 0 radical (unpaired) electrons. The molecule has 0 aliphatic rings. The van der Waals surface area contributed by atoms with Crippen molar-refractivity contribution < 1.29 is 0 Å². The molecule has 0 spiro atoms. The van der Waals surface area contributed by atoms with Crippen LogP contribution >= 0.6 is 0 Å². The molecule has 3 aromatic rings. The van der Waals surface area contributed by atoms with Gasteiger partial charge in [-0.15, -0.1) is 0 Å². The topological polar surface area (TPSA) is 35.1 Å². The van der Waals surface area contributed by atoms with Crippen molar-refractivity contribution in [1.29, 1.82) is 0 Å². The van der Waals surface area contributed by atoms with E-state index in [4.69, 9.17) is 6.57 Å². The van der Waals surface area contributed by atoms with Gasteiger partial charge in [0.15, 0.2) is 11.5 Å². The molecule has 0 saturated heterocycles. The number of aromatic nitrogens is 3. The van der Waals surface area contributed by atoms with E-state index in [0.29, 0.717) is 11.5 Å². The minimum Gasteiger partial charge on any atom is -0.238 e. The van der Waals surface area contributed by atoms with Gasteiger partial charge in [-0.05, 0) is 44.9 Å². The molecular weight excluding hydrogens is 284 g/mol. The third kappa shape index (κ3) is 2.74. The lowest BCUT2D eigenvalue weighted by atomic mass is 10.0. The molecule has 1 heterocycles. The average molecular weight is 302 g/mol. The van der Waals surface area contributed by atoms with Crippen LogP contribution in [0.3, 0.4) is 0 Å². The largest absolute Gasteiger partial charge is 0.238 e. The Bertz CT molecular complexity index is 906. The fraction of sp³-hybridized carbons (Fsp3) is 0.211. The highest BCUT2D eigenvalue weighted by molar-refractivity contribution is 5.65. The zero-order valence-corrected chi connectivity index (χ0v) is 13.8. The molecule has 0 aliphatic carbocycles. The summed E-state index contributed by atoms with van der Waals surface area (Å²) in [5, 5.41) is 4.59. The molecule has 0 fully saturated rings. The van der Waals surface area contributed by atoms with Crippen molar-refractivity contribution in [3.05, 3.63) is 70.3 Å². The highest BCUT2D eigenvalue weighted by Crippen LogP contribution is 2.28. The van der Waals surface area contributed by atoms with Crippen molar-refractivity contribution in [1.82, 2.24) is 14.8 Å². The Morgan fingerprint density at radius 2 is 1.70 bits per heavy atom. The third-order valence-corrected chi connectivity index (χ3v) is 3.79. The van der Waals surface area contributed by atoms with Gasteiger partial charge < -0.3 is 0 Å². The van der Waals surface area contributed by atoms with Gasteiger partial charge in [-0.1, -0.05) is 35.9 Å². The Morgan fingerprint density at radius 3 is 2.35 bits per heavy atom. The van der Waals surface area contributed by atoms with Crippen LogP contribution in [0.15, 0.2) is 36.4 Å². The van der Waals surface area contributed by atoms with E-state index in [1.807, 2.05) is 29.8 Å². The number of hydrogen-bond donors (Lipinski definition) is 0. The zero-order chi connectivity index (χ0) is 16.6. The van der Waals surface area contributed by atoms with E-state index in [-0.39, 0.29) is 0 Å². The first-order valence-electron chi connectivity index (χ1n) is 7.49. The number of aryl methyl sites for hydroxylation is 4. The summed E-state index contributed by atoms with van der Waals surface area (Å²) in [5.74, 6) is 1.48. The summed E-state index contributed by atoms with van der Waals surface area (Å²) in [6.45, 7) is 15.4. The predicted octanol–water partition coefficient (Wildman–Crippen LogP) is 4.72. The standard InChI is InChI=1S/C19H18N4/c1-12-9-13(2)18(14(3)10-12)23-19(21-15(4)22-23)16-7-6-8-17(11-16)20-5/h6-11H,1-4H3. The van der Waals surface area contributed by atoms with Crippen molar-refractivity contribution in [2.45, 2.75) is 27.7 Å². The second kappa shape index (κ2) is 5.69. The number of benzene rings is 2. The van der Waals surface area contributed by atoms with Crippen LogP contribution in [-0.2, 0) is 0 Å². The van der Waals surface area contributed by atoms with E-state index in [9.17, 15) is 0 Å². The van der Waals surface area contributed by atoms with Gasteiger partial charge in [0.05, 0.1) is 12.3 Å². The Hall–Kier alpha value is -2.93. The Labute approximate surface area is 136 Å². The maximum Gasteiger partial charge on any atom is 0.187 e. The first-order chi connectivity index (χ1) is 11.0. The molecule has 2 aromatic carbocycles. The summed E-state index contributed by atoms with van der Waals surface area (Å²) in [4.78, 5) is 8.09. The van der Waals surface area contributed by atoms with Gasteiger partial charge in [-0.3, -0.25) is 0 Å². The first-order valence-corrected chi connectivity index (χ1v) is 7.49. The highest BCUT2D eigenvalue weighted by Gasteiger charge is 2.15. The fourth-order valence-corrected chi connectivity index (χ4v) is 2.98. The van der Waals surface area contributed by atoms with Crippen LogP contribution in [0.4, 0.5) is 5.69 Å². The number of nitrogens with zero attached hydrogens (tertiary/aromatic N) is 4. The minimum absolute atomic E-state index is 0.604. The summed E-state index contributed by atoms with van der Waals surface area (Å²) in [6, 6.07) is 11.8. The molecule has 23 heavy (non-hydrogen) atoms. The maximum absolute atomic E-state index is 7.20. The van der Waals surface area contributed by atoms with Crippen LogP contribution in [0.1, 0.15) is 22.5 Å². The number of rotatable bonds is 2. The van der Waals surface area contributed by atoms with Gasteiger partial charge >= 0.3 is 0 Å². The van der Waals surface area contributed by atoms with E-state index in [1.54, 1.807) is 6.07 Å². The fourth-order valence-electron chi connectivity index (χ4n) is 2.98. The number of hydrogen-bond acceptors (Lipinski definition) is 2. The van der Waals surface area contributed by atoms with Gasteiger partial charge in [-0.25, -0.2) is 14.5 Å². The molecule has 114 valence electrons. The van der Waals surface area contributed by atoms with Crippen LogP contribution < -0.4 is 0 Å². The van der Waals surface area contributed by atoms with Crippen molar-refractivity contribution in [2.24, 2.45) is 0 Å². The summed E-state index contributed by atoms with van der Waals surface area (Å²) in [7, 11) is 0. The molecule has 3 rings (SSSR count). The summed E-state index contributed by atoms with van der Waals surface area (Å²) >= 11 is 0. The molecule has 4 nitrogen and oxygen atoms in total. The van der Waals surface area contributed by atoms with Gasteiger partial charge in [0.25, 0.3) is 0 Å². The lowest BCUT2D eigenvalue weighted by Gasteiger charge is -2.13. The quantitative estimate of drug-likeness (QED) is 0.642. The molecule has 0 N–H and O–H groups in total. The van der Waals surface area contributed by atoms with Crippen LogP contribution in [0.25, 0.3) is 21.9 Å². The van der Waals surface area contributed by atoms with Crippen LogP contribution in [-0.4, -0.2) is 14.8 Å². The second-order valence-electron chi connectivity index (χ2n) is 5.80. The van der Waals surface area contributed by atoms with Crippen molar-refractivity contribution in [3.8, 4) is 17.1 Å². The van der Waals surface area contributed by atoms with Crippen molar-refractivity contribution in [3.63, 3.8) is 0 Å². The first kappa shape index (κ1) is 15.0. The monoisotopic (exact) mass is 302 g/mol. The van der Waals surface area contributed by atoms with Gasteiger partial charge in [0.1, 0.15) is 5.82 Å². The maximum atomic E-state index is 7.20. The molecule has 0 bridgehead atoms. The molecule has 4 heteroatoms. The zero-order valence-electron chi connectivity index (χ0n) is 13.8. The van der Waals surface area contributed by atoms with E-state index in [0.717, 1.165) is 28.2 Å². The smallest absolute Gasteiger partial charge is 0.187 e. The summed E-state index contributed by atoms with van der Waals surface area (Å²) in [6.07, 6.45) is 0. The SMILES string of the molecule is [C-]#[N+]c1cccc(-c2nc(C)nn2-c2c(C)cc(C)cc2C)c1. The van der Waals surface area contributed by atoms with E-state index in [2.05, 4.69) is 47.8 Å². The van der Waals surface area contributed by atoms with Crippen molar-refractivity contribution in [2.75, 3.05) is 0 Å². The molecule has 0 amide bonds. The molecule has 0 aliphatic heterocycles. The molecule has 0 unspecified atom stereocenters. The molecule has 1 aromatic heterocycles. The average Bonchev–Trinajstić information content (AvgIpc) is 2.88. The second-order valence-corrected chi connectivity index (χ2v) is 5.80. The van der Waals surface area contributed by atoms with Crippen LogP contribution in [0, 0.1) is 34.3 Å². The van der Waals surface area contributed by atoms with Crippen molar-refractivity contribution >= 4 is 5.69 Å². The van der Waals surface area contributed by atoms with Gasteiger partial charge in [0.2, 0.25) is 0 Å². The minimum atomic E-state index is 0.604. The van der Waals surface area contributed by atoms with Gasteiger partial charge in [-0.2, -0.15) is 5.10 Å². The summed E-state index contributed by atoms with van der Waals surface area (Å²) < 4.78 is 1.89. The Kier molecular flexibility index (Phi) is 3.71. The van der Waals surface area contributed by atoms with Crippen LogP contribution in [0.2, 0.25) is 0 Å². The molecule has 0 atom stereocenters. The van der Waals surface area contributed by atoms with Crippen LogP contribution in [0.5, 0.6) is 0 Å². The Balaban J connectivity index is 2.25. The van der Waals surface area contributed by atoms with E-state index in [1.165, 1.54) is 5.56 Å². The van der Waals surface area contributed by atoms with E-state index >= 15 is 0 Å². The Morgan fingerprint density at radius 1 is 1.00 bits per heavy atom. The highest BCUT2D eigenvalue weighted by atomic mass is 15.4.